The van der Waals surface area contributed by atoms with E-state index in [0.717, 1.165) is 12.1 Å². The van der Waals surface area contributed by atoms with Crippen molar-refractivity contribution in [2.75, 3.05) is 6.54 Å². The van der Waals surface area contributed by atoms with Crippen molar-refractivity contribution in [1.29, 1.82) is 0 Å². The number of para-hydroxylation sites is 1. The third-order valence-corrected chi connectivity index (χ3v) is 2.85. The average Bonchev–Trinajstić information content (AvgIpc) is 2.42. The minimum atomic E-state index is -0.335. The van der Waals surface area contributed by atoms with Gasteiger partial charge in [0.05, 0.1) is 0 Å². The van der Waals surface area contributed by atoms with Crippen LogP contribution in [-0.4, -0.2) is 6.54 Å². The lowest BCUT2D eigenvalue weighted by molar-refractivity contribution is 0.441. The molecule has 2 aromatic rings. The quantitative estimate of drug-likeness (QED) is 0.844. The fraction of sp³-hybridized carbons (Fsp3) is 0.294. The van der Waals surface area contributed by atoms with Crippen LogP contribution in [0.25, 0.3) is 0 Å². The van der Waals surface area contributed by atoms with Crippen molar-refractivity contribution in [3.63, 3.8) is 0 Å². The van der Waals surface area contributed by atoms with E-state index in [1.165, 1.54) is 6.07 Å². The van der Waals surface area contributed by atoms with Crippen LogP contribution >= 0.6 is 0 Å². The zero-order valence-electron chi connectivity index (χ0n) is 11.9. The molecule has 0 unspecified atom stereocenters. The Hall–Kier alpha value is -1.87. The van der Waals surface area contributed by atoms with E-state index < -0.39 is 0 Å². The molecule has 0 amide bonds. The van der Waals surface area contributed by atoms with E-state index in [1.807, 2.05) is 24.3 Å². The van der Waals surface area contributed by atoms with Crippen LogP contribution in [0.2, 0.25) is 0 Å². The van der Waals surface area contributed by atoms with Gasteiger partial charge in [-0.15, -0.1) is 0 Å². The van der Waals surface area contributed by atoms with Gasteiger partial charge in [-0.3, -0.25) is 0 Å². The molecule has 1 N–H and O–H groups in total. The summed E-state index contributed by atoms with van der Waals surface area (Å²) in [6.45, 7) is 5.87. The molecule has 0 heterocycles. The maximum Gasteiger partial charge on any atom is 0.166 e. The number of rotatable bonds is 6. The summed E-state index contributed by atoms with van der Waals surface area (Å²) in [4.78, 5) is 0. The Morgan fingerprint density at radius 2 is 1.85 bits per heavy atom. The highest BCUT2D eigenvalue weighted by Gasteiger charge is 2.06. The van der Waals surface area contributed by atoms with Crippen LogP contribution in [0.1, 0.15) is 19.4 Å². The summed E-state index contributed by atoms with van der Waals surface area (Å²) in [5.74, 6) is 1.14. The largest absolute Gasteiger partial charge is 0.454 e. The number of halogens is 1. The molecule has 0 radical (unpaired) electrons. The van der Waals surface area contributed by atoms with Crippen molar-refractivity contribution in [1.82, 2.24) is 5.32 Å². The molecule has 0 aliphatic carbocycles. The lowest BCUT2D eigenvalue weighted by atomic mass is 10.2. The van der Waals surface area contributed by atoms with Gasteiger partial charge < -0.3 is 10.1 Å². The predicted molar refractivity (Wildman–Crippen MR) is 79.5 cm³/mol. The Kier molecular flexibility index (Phi) is 5.13. The Bertz CT molecular complexity index is 540. The van der Waals surface area contributed by atoms with Gasteiger partial charge in [0, 0.05) is 6.54 Å². The third-order valence-electron chi connectivity index (χ3n) is 2.85. The van der Waals surface area contributed by atoms with E-state index in [1.54, 1.807) is 18.2 Å². The van der Waals surface area contributed by atoms with Crippen molar-refractivity contribution in [2.45, 2.75) is 20.4 Å². The maximum absolute atomic E-state index is 14.0. The van der Waals surface area contributed by atoms with Gasteiger partial charge in [0.15, 0.2) is 11.6 Å². The first kappa shape index (κ1) is 14.5. The van der Waals surface area contributed by atoms with Crippen molar-refractivity contribution < 1.29 is 9.13 Å². The molecule has 2 nitrogen and oxygen atoms in total. The summed E-state index contributed by atoms with van der Waals surface area (Å²) in [7, 11) is 0. The maximum atomic E-state index is 14.0. The summed E-state index contributed by atoms with van der Waals surface area (Å²) >= 11 is 0. The number of hydrogen-bond acceptors (Lipinski definition) is 2. The van der Waals surface area contributed by atoms with Crippen LogP contribution < -0.4 is 10.1 Å². The smallest absolute Gasteiger partial charge is 0.166 e. The topological polar surface area (TPSA) is 21.3 Å². The number of nitrogens with one attached hydrogen (secondary N) is 1. The lowest BCUT2D eigenvalue weighted by Crippen LogP contribution is -2.18. The second-order valence-corrected chi connectivity index (χ2v) is 5.20. The number of ether oxygens (including phenoxy) is 1. The summed E-state index contributed by atoms with van der Waals surface area (Å²) in [6.07, 6.45) is 0. The predicted octanol–water partition coefficient (Wildman–Crippen LogP) is 4.36. The van der Waals surface area contributed by atoms with Crippen LogP contribution in [0.15, 0.2) is 48.5 Å². The zero-order valence-corrected chi connectivity index (χ0v) is 11.9. The van der Waals surface area contributed by atoms with Crippen molar-refractivity contribution in [3.8, 4) is 11.5 Å². The van der Waals surface area contributed by atoms with E-state index >= 15 is 0 Å². The highest BCUT2D eigenvalue weighted by atomic mass is 19.1. The summed E-state index contributed by atoms with van der Waals surface area (Å²) in [6, 6.07) is 14.3. The Labute approximate surface area is 119 Å². The summed E-state index contributed by atoms with van der Waals surface area (Å²) in [5.41, 5.74) is 0.920. The van der Waals surface area contributed by atoms with Gasteiger partial charge in [0.2, 0.25) is 0 Å². The van der Waals surface area contributed by atoms with Crippen molar-refractivity contribution in [2.24, 2.45) is 5.92 Å². The first-order valence-electron chi connectivity index (χ1n) is 6.87. The van der Waals surface area contributed by atoms with Crippen LogP contribution in [-0.2, 0) is 6.54 Å². The first-order valence-corrected chi connectivity index (χ1v) is 6.87. The van der Waals surface area contributed by atoms with Crippen LogP contribution in [0.4, 0.5) is 4.39 Å². The molecule has 0 saturated carbocycles. The Morgan fingerprint density at radius 1 is 1.10 bits per heavy atom. The standard InChI is InChI=1S/C17H20FNO/c1-13(2)11-19-12-14-8-9-17(16(18)10-14)20-15-6-4-3-5-7-15/h3-10,13,19H,11-12H2,1-2H3. The highest BCUT2D eigenvalue weighted by molar-refractivity contribution is 5.34. The van der Waals surface area contributed by atoms with E-state index in [0.29, 0.717) is 18.2 Å². The van der Waals surface area contributed by atoms with Gasteiger partial charge in [-0.05, 0) is 42.3 Å². The second-order valence-electron chi connectivity index (χ2n) is 5.20. The second kappa shape index (κ2) is 7.06. The van der Waals surface area contributed by atoms with Gasteiger partial charge >= 0.3 is 0 Å². The van der Waals surface area contributed by atoms with Crippen LogP contribution in [0.5, 0.6) is 11.5 Å². The molecule has 0 spiro atoms. The van der Waals surface area contributed by atoms with E-state index in [9.17, 15) is 4.39 Å². The van der Waals surface area contributed by atoms with Gasteiger partial charge in [-0.2, -0.15) is 0 Å². The van der Waals surface area contributed by atoms with Crippen LogP contribution in [0.3, 0.4) is 0 Å². The molecule has 0 aromatic heterocycles. The van der Waals surface area contributed by atoms with Gasteiger partial charge in [0.25, 0.3) is 0 Å². The van der Waals surface area contributed by atoms with E-state index in [-0.39, 0.29) is 11.6 Å². The highest BCUT2D eigenvalue weighted by Crippen LogP contribution is 2.24. The molecule has 0 aliphatic rings. The van der Waals surface area contributed by atoms with Gasteiger partial charge in [-0.25, -0.2) is 4.39 Å². The molecule has 106 valence electrons. The van der Waals surface area contributed by atoms with Gasteiger partial charge in [-0.1, -0.05) is 38.1 Å². The number of benzene rings is 2. The molecule has 20 heavy (non-hydrogen) atoms. The summed E-state index contributed by atoms with van der Waals surface area (Å²) < 4.78 is 19.5. The fourth-order valence-corrected chi connectivity index (χ4v) is 1.86. The normalized spacial score (nSPS) is 10.8. The molecule has 0 bridgehead atoms. The fourth-order valence-electron chi connectivity index (χ4n) is 1.86. The Morgan fingerprint density at radius 3 is 2.50 bits per heavy atom. The average molecular weight is 273 g/mol. The molecule has 2 aromatic carbocycles. The lowest BCUT2D eigenvalue weighted by Gasteiger charge is -2.10. The van der Waals surface area contributed by atoms with Gasteiger partial charge in [0.1, 0.15) is 5.75 Å². The molecule has 0 fully saturated rings. The number of hydrogen-bond donors (Lipinski definition) is 1. The molecule has 0 aliphatic heterocycles. The van der Waals surface area contributed by atoms with E-state index in [2.05, 4.69) is 19.2 Å². The third kappa shape index (κ3) is 4.35. The first-order chi connectivity index (χ1) is 9.65. The summed E-state index contributed by atoms with van der Waals surface area (Å²) in [5, 5.41) is 3.29. The van der Waals surface area contributed by atoms with E-state index in [4.69, 9.17) is 4.74 Å². The monoisotopic (exact) mass is 273 g/mol. The molecule has 0 saturated heterocycles. The zero-order chi connectivity index (χ0) is 14.4. The molecule has 0 atom stereocenters. The SMILES string of the molecule is CC(C)CNCc1ccc(Oc2ccccc2)c(F)c1. The van der Waals surface area contributed by atoms with Crippen LogP contribution in [0, 0.1) is 11.7 Å². The Balaban J connectivity index is 1.99. The van der Waals surface area contributed by atoms with Crippen molar-refractivity contribution in [3.05, 3.63) is 59.9 Å². The minimum absolute atomic E-state index is 0.254. The minimum Gasteiger partial charge on any atom is -0.454 e. The van der Waals surface area contributed by atoms with Crippen molar-refractivity contribution >= 4 is 0 Å². The molecular formula is C17H20FNO. The molecule has 3 heteroatoms. The molecular weight excluding hydrogens is 253 g/mol. The molecule has 2 rings (SSSR count).